The molecule has 0 radical (unpaired) electrons. The smallest absolute Gasteiger partial charge is 0.387 e. The van der Waals surface area contributed by atoms with E-state index in [-0.39, 0.29) is 23.6 Å². The Morgan fingerprint density at radius 1 is 1.16 bits per heavy atom. The Balaban J connectivity index is 1.50. The van der Waals surface area contributed by atoms with Gasteiger partial charge in [-0.3, -0.25) is 9.09 Å². The number of rotatable bonds is 8. The maximum absolute atomic E-state index is 12.0. The third-order valence-electron chi connectivity index (χ3n) is 4.56. The first-order valence-electron chi connectivity index (χ1n) is 8.41. The molecule has 0 aromatic carbocycles. The van der Waals surface area contributed by atoms with Gasteiger partial charge in [0.05, 0.1) is 19.5 Å². The highest BCUT2D eigenvalue weighted by Gasteiger charge is 2.63. The molecule has 0 saturated carbocycles. The first-order chi connectivity index (χ1) is 14.7. The van der Waals surface area contributed by atoms with Crippen LogP contribution in [0.4, 0.5) is 5.82 Å². The minimum absolute atomic E-state index is 0.0979. The van der Waals surface area contributed by atoms with Gasteiger partial charge >= 0.3 is 23.5 Å². The Hall–Kier alpha value is -1.36. The summed E-state index contributed by atoms with van der Waals surface area (Å²) in [6.45, 7) is -1.18. The molecule has 178 valence electrons. The molecule has 0 aliphatic carbocycles. The maximum Gasteiger partial charge on any atom is 0.490 e. The van der Waals surface area contributed by atoms with Gasteiger partial charge in [0.15, 0.2) is 17.7 Å². The lowest BCUT2D eigenvalue weighted by atomic mass is 10.0. The molecule has 4 rings (SSSR count). The normalized spacial score (nSPS) is 31.6. The fourth-order valence-corrected chi connectivity index (χ4v) is 6.37. The number of phosphoric ester groups is 1. The SMILES string of the molecule is Nc1ncnc2c1ncn2[C@@H]1O[C@@]2(COP(=O)(O)OP(=O)(O)OP(=O)(O)O)CO[C@H]1C2O. The monoisotopic (exact) mass is 519 g/mol. The van der Waals surface area contributed by atoms with Crippen molar-refractivity contribution in [3.8, 4) is 0 Å². The molecule has 32 heavy (non-hydrogen) atoms. The van der Waals surface area contributed by atoms with Crippen LogP contribution in [0.25, 0.3) is 11.2 Å². The van der Waals surface area contributed by atoms with E-state index in [0.717, 1.165) is 0 Å². The minimum Gasteiger partial charge on any atom is -0.387 e. The van der Waals surface area contributed by atoms with E-state index in [9.17, 15) is 28.6 Å². The first-order valence-corrected chi connectivity index (χ1v) is 12.9. The average Bonchev–Trinajstić information content (AvgIpc) is 3.28. The highest BCUT2D eigenvalue weighted by Crippen LogP contribution is 2.66. The van der Waals surface area contributed by atoms with Crippen LogP contribution in [0.1, 0.15) is 6.23 Å². The molecular weight excluding hydrogens is 503 g/mol. The Morgan fingerprint density at radius 2 is 1.88 bits per heavy atom. The van der Waals surface area contributed by atoms with Gasteiger partial charge in [-0.25, -0.2) is 28.6 Å². The highest BCUT2D eigenvalue weighted by atomic mass is 31.3. The molecule has 4 heterocycles. The summed E-state index contributed by atoms with van der Waals surface area (Å²) in [4.78, 5) is 47.9. The van der Waals surface area contributed by atoms with Crippen molar-refractivity contribution in [1.29, 1.82) is 0 Å². The molecule has 6 atom stereocenters. The van der Waals surface area contributed by atoms with Crippen molar-refractivity contribution >= 4 is 40.4 Å². The summed E-state index contributed by atoms with van der Waals surface area (Å²) in [5, 5.41) is 10.6. The van der Waals surface area contributed by atoms with Crippen molar-refractivity contribution in [2.45, 2.75) is 24.0 Å². The molecule has 2 saturated heterocycles. The van der Waals surface area contributed by atoms with Gasteiger partial charge in [-0.15, -0.1) is 0 Å². The predicted molar refractivity (Wildman–Crippen MR) is 98.2 cm³/mol. The van der Waals surface area contributed by atoms with E-state index < -0.39 is 54.1 Å². The molecule has 7 N–H and O–H groups in total. The van der Waals surface area contributed by atoms with Gasteiger partial charge in [0.1, 0.15) is 29.7 Å². The third kappa shape index (κ3) is 4.51. The minimum atomic E-state index is -5.69. The van der Waals surface area contributed by atoms with E-state index in [2.05, 4.69) is 28.1 Å². The largest absolute Gasteiger partial charge is 0.490 e. The second kappa shape index (κ2) is 7.85. The van der Waals surface area contributed by atoms with Crippen molar-refractivity contribution in [2.75, 3.05) is 18.9 Å². The predicted octanol–water partition coefficient (Wildman–Crippen LogP) is -1.22. The molecule has 2 aliphatic heterocycles. The van der Waals surface area contributed by atoms with Crippen LogP contribution in [0.2, 0.25) is 0 Å². The lowest BCUT2D eigenvalue weighted by Gasteiger charge is -2.31. The fourth-order valence-electron chi connectivity index (χ4n) is 3.29. The number of nitrogens with zero attached hydrogens (tertiary/aromatic N) is 4. The van der Waals surface area contributed by atoms with E-state index in [1.807, 2.05) is 0 Å². The summed E-state index contributed by atoms with van der Waals surface area (Å²) in [6, 6.07) is 0. The van der Waals surface area contributed by atoms with Crippen LogP contribution in [0, 0.1) is 0 Å². The van der Waals surface area contributed by atoms with Crippen molar-refractivity contribution in [2.24, 2.45) is 0 Å². The summed E-state index contributed by atoms with van der Waals surface area (Å²) in [6.07, 6.45) is -0.884. The zero-order valence-corrected chi connectivity index (χ0v) is 18.2. The van der Waals surface area contributed by atoms with Crippen LogP contribution in [-0.4, -0.2) is 75.2 Å². The van der Waals surface area contributed by atoms with Gasteiger partial charge < -0.3 is 39.9 Å². The Bertz CT molecular complexity index is 1190. The van der Waals surface area contributed by atoms with Gasteiger partial charge in [-0.2, -0.15) is 8.62 Å². The van der Waals surface area contributed by atoms with Crippen molar-refractivity contribution in [1.82, 2.24) is 19.5 Å². The van der Waals surface area contributed by atoms with Crippen LogP contribution >= 0.6 is 23.5 Å². The number of fused-ring (bicyclic) bond motifs is 3. The number of hydrogen-bond donors (Lipinski definition) is 6. The lowest BCUT2D eigenvalue weighted by molar-refractivity contribution is -0.183. The molecule has 18 nitrogen and oxygen atoms in total. The number of nitrogen functional groups attached to an aromatic ring is 1. The Kier molecular flexibility index (Phi) is 5.84. The highest BCUT2D eigenvalue weighted by molar-refractivity contribution is 7.66. The quantitative estimate of drug-likeness (QED) is 0.223. The van der Waals surface area contributed by atoms with Crippen LogP contribution in [0.5, 0.6) is 0 Å². The Morgan fingerprint density at radius 3 is 2.56 bits per heavy atom. The summed E-state index contributed by atoms with van der Waals surface area (Å²) >= 11 is 0. The van der Waals surface area contributed by atoms with Crippen LogP contribution in [0.3, 0.4) is 0 Å². The molecule has 21 heteroatoms. The summed E-state index contributed by atoms with van der Waals surface area (Å²) in [5.41, 5.74) is 4.54. The number of aliphatic hydroxyl groups excluding tert-OH is 1. The third-order valence-corrected chi connectivity index (χ3v) is 8.34. The molecule has 0 amide bonds. The zero-order valence-electron chi connectivity index (χ0n) is 15.5. The number of nitrogens with two attached hydrogens (primary N) is 1. The number of imidazole rings is 1. The van der Waals surface area contributed by atoms with E-state index in [4.69, 9.17) is 25.0 Å². The standard InChI is InChI=1S/C11H16N5O13P3/c12-8-5-9(14-3-13-8)16(4-15-5)10-6-7(17)11(27-10,1-25-6)2-26-31(21,22)29-32(23,24)28-30(18,19)20/h3-4,6-7,10,17H,1-2H2,(H,21,22)(H,23,24)(H2,12,13,14)(H2,18,19,20)/t6-,7?,10+,11+/m0/s1. The number of anilines is 1. The topological polar surface area (TPSA) is 268 Å². The van der Waals surface area contributed by atoms with Gasteiger partial charge in [-0.1, -0.05) is 0 Å². The van der Waals surface area contributed by atoms with E-state index >= 15 is 0 Å². The second-order valence-electron chi connectivity index (χ2n) is 6.74. The van der Waals surface area contributed by atoms with Gasteiger partial charge in [0.25, 0.3) is 0 Å². The second-order valence-corrected chi connectivity index (χ2v) is 11.2. The molecule has 2 aromatic rings. The van der Waals surface area contributed by atoms with Crippen molar-refractivity contribution < 1.29 is 61.0 Å². The number of aliphatic hydroxyl groups is 1. The lowest BCUT2D eigenvalue weighted by Crippen LogP contribution is -2.44. The van der Waals surface area contributed by atoms with Crippen LogP contribution < -0.4 is 5.73 Å². The van der Waals surface area contributed by atoms with E-state index in [1.165, 1.54) is 17.2 Å². The molecule has 0 spiro atoms. The van der Waals surface area contributed by atoms with Gasteiger partial charge in [-0.05, 0) is 0 Å². The molecule has 2 fully saturated rings. The van der Waals surface area contributed by atoms with Crippen LogP contribution in [0.15, 0.2) is 12.7 Å². The van der Waals surface area contributed by atoms with E-state index in [1.54, 1.807) is 0 Å². The van der Waals surface area contributed by atoms with Gasteiger partial charge in [0, 0.05) is 0 Å². The Labute approximate surface area is 177 Å². The average molecular weight is 519 g/mol. The molecule has 2 aromatic heterocycles. The first kappa shape index (κ1) is 23.8. The van der Waals surface area contributed by atoms with Gasteiger partial charge in [0.2, 0.25) is 0 Å². The number of ether oxygens (including phenoxy) is 2. The van der Waals surface area contributed by atoms with Crippen LogP contribution in [-0.2, 0) is 36.3 Å². The molecule has 2 bridgehead atoms. The summed E-state index contributed by atoms with van der Waals surface area (Å²) in [5.74, 6) is 0.0979. The zero-order chi connectivity index (χ0) is 23.5. The fraction of sp³-hybridized carbons (Fsp3) is 0.545. The van der Waals surface area contributed by atoms with Crippen molar-refractivity contribution in [3.63, 3.8) is 0 Å². The summed E-state index contributed by atoms with van der Waals surface area (Å²) in [7, 11) is -16.7. The molecule has 2 aliphatic rings. The molecule has 3 unspecified atom stereocenters. The number of phosphoric acid groups is 3. The number of aromatic nitrogens is 4. The maximum atomic E-state index is 12.0. The van der Waals surface area contributed by atoms with E-state index in [0.29, 0.717) is 0 Å². The molecular formula is C11H16N5O13P3. The van der Waals surface area contributed by atoms with Crippen molar-refractivity contribution in [3.05, 3.63) is 12.7 Å². The summed E-state index contributed by atoms with van der Waals surface area (Å²) < 4.78 is 58.7. The number of hydrogen-bond acceptors (Lipinski definition) is 13.